The van der Waals surface area contributed by atoms with Crippen LogP contribution in [0.1, 0.15) is 19.4 Å². The highest BCUT2D eigenvalue weighted by Crippen LogP contribution is 2.27. The molecule has 1 N–H and O–H groups in total. The summed E-state index contributed by atoms with van der Waals surface area (Å²) in [6.45, 7) is 5.95. The van der Waals surface area contributed by atoms with E-state index in [1.807, 2.05) is 6.07 Å². The molecule has 0 aliphatic rings. The normalized spacial score (nSPS) is 10.9. The van der Waals surface area contributed by atoms with Gasteiger partial charge >= 0.3 is 0 Å². The van der Waals surface area contributed by atoms with Crippen molar-refractivity contribution in [2.45, 2.75) is 20.4 Å². The highest BCUT2D eigenvalue weighted by atomic mass is 35.5. The second kappa shape index (κ2) is 7.38. The maximum absolute atomic E-state index is 12.8. The molecule has 0 spiro atoms. The molecule has 2 aromatic rings. The molecular formula is C16H18ClFN2O. The lowest BCUT2D eigenvalue weighted by Gasteiger charge is -2.10. The first kappa shape index (κ1) is 15.7. The second-order valence-electron chi connectivity index (χ2n) is 5.21. The topological polar surface area (TPSA) is 34.2 Å². The maximum atomic E-state index is 12.8. The first-order chi connectivity index (χ1) is 10.0. The third-order valence-electron chi connectivity index (χ3n) is 2.77. The van der Waals surface area contributed by atoms with Crippen molar-refractivity contribution in [2.24, 2.45) is 5.92 Å². The van der Waals surface area contributed by atoms with Crippen molar-refractivity contribution in [2.75, 3.05) is 6.54 Å². The summed E-state index contributed by atoms with van der Waals surface area (Å²) in [4.78, 5) is 4.21. The van der Waals surface area contributed by atoms with Gasteiger partial charge in [0.1, 0.15) is 16.6 Å². The van der Waals surface area contributed by atoms with E-state index in [9.17, 15) is 4.39 Å². The van der Waals surface area contributed by atoms with Crippen molar-refractivity contribution in [3.63, 3.8) is 0 Å². The van der Waals surface area contributed by atoms with Crippen LogP contribution in [0.3, 0.4) is 0 Å². The summed E-state index contributed by atoms with van der Waals surface area (Å²) in [5, 5.41) is 3.76. The van der Waals surface area contributed by atoms with Gasteiger partial charge in [-0.2, -0.15) is 0 Å². The number of aromatic nitrogens is 1. The molecule has 0 aliphatic heterocycles. The average molecular weight is 309 g/mol. The van der Waals surface area contributed by atoms with E-state index in [0.717, 1.165) is 12.1 Å². The molecule has 0 saturated heterocycles. The summed E-state index contributed by atoms with van der Waals surface area (Å²) in [7, 11) is 0. The zero-order chi connectivity index (χ0) is 15.2. The molecule has 1 aromatic heterocycles. The number of pyridine rings is 1. The van der Waals surface area contributed by atoms with Crippen LogP contribution < -0.4 is 10.1 Å². The van der Waals surface area contributed by atoms with Crippen LogP contribution in [0.2, 0.25) is 5.02 Å². The van der Waals surface area contributed by atoms with Gasteiger partial charge in [0.2, 0.25) is 5.88 Å². The molecule has 0 amide bonds. The van der Waals surface area contributed by atoms with E-state index in [1.54, 1.807) is 6.20 Å². The quantitative estimate of drug-likeness (QED) is 0.858. The van der Waals surface area contributed by atoms with Gasteiger partial charge < -0.3 is 10.1 Å². The summed E-state index contributed by atoms with van der Waals surface area (Å²) in [6.07, 6.45) is 1.72. The summed E-state index contributed by atoms with van der Waals surface area (Å²) < 4.78 is 18.4. The Kier molecular flexibility index (Phi) is 5.53. The standard InChI is InChI=1S/C16H18ClFN2O/c1-11(2)8-19-9-12-7-15(17)16(20-10-12)21-14-5-3-13(18)4-6-14/h3-7,10-11,19H,8-9H2,1-2H3. The Hall–Kier alpha value is -1.65. The summed E-state index contributed by atoms with van der Waals surface area (Å²) in [6, 6.07) is 7.54. The number of halogens is 2. The smallest absolute Gasteiger partial charge is 0.238 e. The van der Waals surface area contributed by atoms with Gasteiger partial charge in [0.25, 0.3) is 0 Å². The van der Waals surface area contributed by atoms with Gasteiger partial charge in [0.15, 0.2) is 0 Å². The minimum atomic E-state index is -0.312. The number of nitrogens with one attached hydrogen (secondary N) is 1. The second-order valence-corrected chi connectivity index (χ2v) is 5.62. The summed E-state index contributed by atoms with van der Waals surface area (Å²) in [5.41, 5.74) is 0.993. The number of hydrogen-bond donors (Lipinski definition) is 1. The molecule has 0 fully saturated rings. The summed E-state index contributed by atoms with van der Waals surface area (Å²) in [5.74, 6) is 1.09. The fraction of sp³-hybridized carbons (Fsp3) is 0.312. The van der Waals surface area contributed by atoms with Crippen LogP contribution >= 0.6 is 11.6 Å². The third-order valence-corrected chi connectivity index (χ3v) is 3.04. The van der Waals surface area contributed by atoms with Gasteiger partial charge in [-0.3, -0.25) is 0 Å². The Balaban J connectivity index is 2.00. The minimum Gasteiger partial charge on any atom is -0.438 e. The first-order valence-electron chi connectivity index (χ1n) is 6.83. The lowest BCUT2D eigenvalue weighted by atomic mass is 10.2. The van der Waals surface area contributed by atoms with Crippen LogP contribution in [0.4, 0.5) is 4.39 Å². The maximum Gasteiger partial charge on any atom is 0.238 e. The van der Waals surface area contributed by atoms with Crippen LogP contribution in [0.5, 0.6) is 11.6 Å². The average Bonchev–Trinajstić information content (AvgIpc) is 2.44. The molecule has 0 aliphatic carbocycles. The van der Waals surface area contributed by atoms with E-state index in [4.69, 9.17) is 16.3 Å². The van der Waals surface area contributed by atoms with Crippen molar-refractivity contribution in [1.82, 2.24) is 10.3 Å². The van der Waals surface area contributed by atoms with Gasteiger partial charge in [-0.05, 0) is 48.4 Å². The van der Waals surface area contributed by atoms with Crippen LogP contribution in [0, 0.1) is 11.7 Å². The molecule has 5 heteroatoms. The molecule has 0 bridgehead atoms. The van der Waals surface area contributed by atoms with E-state index < -0.39 is 0 Å². The molecule has 0 saturated carbocycles. The predicted molar refractivity (Wildman–Crippen MR) is 82.3 cm³/mol. The molecule has 1 heterocycles. The fourth-order valence-electron chi connectivity index (χ4n) is 1.76. The Morgan fingerprint density at radius 1 is 1.29 bits per heavy atom. The molecule has 1 aromatic carbocycles. The minimum absolute atomic E-state index is 0.312. The van der Waals surface area contributed by atoms with Crippen molar-refractivity contribution < 1.29 is 9.13 Å². The third kappa shape index (κ3) is 4.99. The highest BCUT2D eigenvalue weighted by Gasteiger charge is 2.07. The van der Waals surface area contributed by atoms with Gasteiger partial charge in [-0.15, -0.1) is 0 Å². The van der Waals surface area contributed by atoms with E-state index in [1.165, 1.54) is 24.3 Å². The Labute approximate surface area is 129 Å². The van der Waals surface area contributed by atoms with E-state index in [-0.39, 0.29) is 5.82 Å². The number of rotatable bonds is 6. The molecule has 0 unspecified atom stereocenters. The van der Waals surface area contributed by atoms with Gasteiger partial charge in [-0.25, -0.2) is 9.37 Å². The van der Waals surface area contributed by atoms with E-state index in [0.29, 0.717) is 29.1 Å². The highest BCUT2D eigenvalue weighted by molar-refractivity contribution is 6.31. The first-order valence-corrected chi connectivity index (χ1v) is 7.21. The Bertz CT molecular complexity index is 587. The monoisotopic (exact) mass is 308 g/mol. The van der Waals surface area contributed by atoms with Crippen LogP contribution in [0.15, 0.2) is 36.5 Å². The number of ether oxygens (including phenoxy) is 1. The van der Waals surface area contributed by atoms with Gasteiger partial charge in [0, 0.05) is 12.7 Å². The summed E-state index contributed by atoms with van der Waals surface area (Å²) >= 11 is 6.16. The lowest BCUT2D eigenvalue weighted by Crippen LogP contribution is -2.19. The molecule has 2 rings (SSSR count). The molecule has 0 atom stereocenters. The van der Waals surface area contributed by atoms with E-state index in [2.05, 4.69) is 24.1 Å². The van der Waals surface area contributed by atoms with Crippen molar-refractivity contribution in [3.05, 3.63) is 52.9 Å². The number of hydrogen-bond acceptors (Lipinski definition) is 3. The van der Waals surface area contributed by atoms with Gasteiger partial charge in [-0.1, -0.05) is 25.4 Å². The fourth-order valence-corrected chi connectivity index (χ4v) is 1.98. The zero-order valence-electron chi connectivity index (χ0n) is 12.1. The van der Waals surface area contributed by atoms with Gasteiger partial charge in [0.05, 0.1) is 0 Å². The lowest BCUT2D eigenvalue weighted by molar-refractivity contribution is 0.460. The Morgan fingerprint density at radius 2 is 2.00 bits per heavy atom. The van der Waals surface area contributed by atoms with Crippen molar-refractivity contribution >= 4 is 11.6 Å². The van der Waals surface area contributed by atoms with Crippen molar-refractivity contribution in [3.8, 4) is 11.6 Å². The molecule has 21 heavy (non-hydrogen) atoms. The van der Waals surface area contributed by atoms with Crippen LogP contribution in [-0.2, 0) is 6.54 Å². The number of benzene rings is 1. The predicted octanol–water partition coefficient (Wildman–Crippen LogP) is 4.41. The molecular weight excluding hydrogens is 291 g/mol. The van der Waals surface area contributed by atoms with E-state index >= 15 is 0 Å². The van der Waals surface area contributed by atoms with Crippen LogP contribution in [0.25, 0.3) is 0 Å². The zero-order valence-corrected chi connectivity index (χ0v) is 12.8. The largest absolute Gasteiger partial charge is 0.438 e. The Morgan fingerprint density at radius 3 is 2.62 bits per heavy atom. The van der Waals surface area contributed by atoms with Crippen LogP contribution in [-0.4, -0.2) is 11.5 Å². The van der Waals surface area contributed by atoms with Crippen molar-refractivity contribution in [1.29, 1.82) is 0 Å². The number of nitrogens with zero attached hydrogens (tertiary/aromatic N) is 1. The molecule has 3 nitrogen and oxygen atoms in total. The molecule has 0 radical (unpaired) electrons. The molecule has 112 valence electrons. The SMILES string of the molecule is CC(C)CNCc1cnc(Oc2ccc(F)cc2)c(Cl)c1.